The number of hydrogen-bond donors (Lipinski definition) is 0. The molecule has 0 saturated heterocycles. The fourth-order valence-electron chi connectivity index (χ4n) is 2.20. The van der Waals surface area contributed by atoms with Crippen LogP contribution in [0.4, 0.5) is 0 Å². The van der Waals surface area contributed by atoms with Crippen LogP contribution in [0.3, 0.4) is 0 Å². The van der Waals surface area contributed by atoms with Crippen LogP contribution in [0.15, 0.2) is 48.5 Å². The number of ether oxygens (including phenoxy) is 1. The van der Waals surface area contributed by atoms with Crippen LogP contribution in [-0.4, -0.2) is 11.5 Å². The third kappa shape index (κ3) is 4.51. The third-order valence-electron chi connectivity index (χ3n) is 3.20. The monoisotopic (exact) mass is 299 g/mol. The van der Waals surface area contributed by atoms with Crippen molar-refractivity contribution in [3.8, 4) is 22.9 Å². The Morgan fingerprint density at radius 2 is 1.52 bits per heavy atom. The Kier molecular flexibility index (Phi) is 5.25. The molecule has 2 aromatic rings. The van der Waals surface area contributed by atoms with Crippen molar-refractivity contribution in [3.05, 3.63) is 54.1 Å². The number of alkyl halides is 1. The number of benzene rings is 2. The van der Waals surface area contributed by atoms with Gasteiger partial charge in [-0.25, -0.2) is 0 Å². The lowest BCUT2D eigenvalue weighted by Crippen LogP contribution is -2.15. The summed E-state index contributed by atoms with van der Waals surface area (Å²) >= 11 is 5.97. The summed E-state index contributed by atoms with van der Waals surface area (Å²) in [6, 6.07) is 17.6. The summed E-state index contributed by atoms with van der Waals surface area (Å²) in [4.78, 5) is 0. The van der Waals surface area contributed by atoms with Gasteiger partial charge in [-0.05, 0) is 49.2 Å². The highest BCUT2D eigenvalue weighted by molar-refractivity contribution is 6.20. The van der Waals surface area contributed by atoms with Crippen molar-refractivity contribution in [1.29, 1.82) is 5.26 Å². The first-order valence-electron chi connectivity index (χ1n) is 7.00. The van der Waals surface area contributed by atoms with E-state index in [1.807, 2.05) is 62.4 Å². The second kappa shape index (κ2) is 7.15. The molecular weight excluding hydrogens is 282 g/mol. The van der Waals surface area contributed by atoms with E-state index in [0.717, 1.165) is 23.3 Å². The zero-order valence-corrected chi connectivity index (χ0v) is 13.0. The van der Waals surface area contributed by atoms with Crippen molar-refractivity contribution in [2.75, 3.05) is 0 Å². The number of hydrogen-bond acceptors (Lipinski definition) is 2. The molecule has 3 heteroatoms. The van der Waals surface area contributed by atoms with Gasteiger partial charge in [-0.15, -0.1) is 11.6 Å². The second-order valence-corrected chi connectivity index (χ2v) is 5.90. The van der Waals surface area contributed by atoms with E-state index in [-0.39, 0.29) is 11.5 Å². The summed E-state index contributed by atoms with van der Waals surface area (Å²) in [5.41, 5.74) is 2.86. The topological polar surface area (TPSA) is 33.0 Å². The molecule has 0 amide bonds. The van der Waals surface area contributed by atoms with Gasteiger partial charge in [0.15, 0.2) is 0 Å². The van der Waals surface area contributed by atoms with Gasteiger partial charge in [-0.3, -0.25) is 0 Å². The van der Waals surface area contributed by atoms with Gasteiger partial charge in [-0.1, -0.05) is 24.3 Å². The van der Waals surface area contributed by atoms with Crippen LogP contribution in [0.2, 0.25) is 0 Å². The minimum absolute atomic E-state index is 0.0956. The van der Waals surface area contributed by atoms with Crippen LogP contribution in [0, 0.1) is 11.3 Å². The first-order chi connectivity index (χ1) is 10.1. The summed E-state index contributed by atoms with van der Waals surface area (Å²) in [6.07, 6.45) is 0.914. The minimum Gasteiger partial charge on any atom is -0.491 e. The molecule has 108 valence electrons. The molecule has 0 fully saturated rings. The van der Waals surface area contributed by atoms with E-state index in [0.29, 0.717) is 5.56 Å². The maximum absolute atomic E-state index is 8.81. The first kappa shape index (κ1) is 15.4. The molecule has 0 N–H and O–H groups in total. The molecule has 0 saturated carbocycles. The normalized spacial score (nSPS) is 13.2. The fourth-order valence-corrected chi connectivity index (χ4v) is 2.45. The Balaban J connectivity index is 2.06. The summed E-state index contributed by atoms with van der Waals surface area (Å²) in [6.45, 7) is 3.99. The maximum atomic E-state index is 8.81. The molecule has 0 aliphatic carbocycles. The Hall–Kier alpha value is -1.98. The standard InChI is InChI=1S/C18H18ClNO/c1-13(19)11-14(2)21-18-9-7-17(8-10-18)16-5-3-15(12-20)4-6-16/h3-10,13-14H,11H2,1-2H3/t13-,14-/m0/s1. The molecule has 0 unspecified atom stereocenters. The van der Waals surface area contributed by atoms with Crippen LogP contribution >= 0.6 is 11.6 Å². The Morgan fingerprint density at radius 1 is 1.00 bits per heavy atom. The quantitative estimate of drug-likeness (QED) is 0.727. The van der Waals surface area contributed by atoms with Crippen LogP contribution in [-0.2, 0) is 0 Å². The molecule has 2 atom stereocenters. The lowest BCUT2D eigenvalue weighted by atomic mass is 10.0. The number of halogens is 1. The van der Waals surface area contributed by atoms with Gasteiger partial charge in [0.2, 0.25) is 0 Å². The van der Waals surface area contributed by atoms with E-state index in [2.05, 4.69) is 6.07 Å². The van der Waals surface area contributed by atoms with E-state index in [9.17, 15) is 0 Å². The molecule has 0 aliphatic heterocycles. The summed E-state index contributed by atoms with van der Waals surface area (Å²) in [5.74, 6) is 0.845. The van der Waals surface area contributed by atoms with Crippen molar-refractivity contribution in [2.45, 2.75) is 31.7 Å². The SMILES string of the molecule is C[C@H](Cl)C[C@H](C)Oc1ccc(-c2ccc(C#N)cc2)cc1. The van der Waals surface area contributed by atoms with Crippen LogP contribution in [0.1, 0.15) is 25.8 Å². The number of rotatable bonds is 5. The van der Waals surface area contributed by atoms with Crippen molar-refractivity contribution >= 4 is 11.6 Å². The van der Waals surface area contributed by atoms with Gasteiger partial charge in [0.05, 0.1) is 17.7 Å². The molecule has 0 heterocycles. The molecular formula is C18H18ClNO. The Bertz CT molecular complexity index is 611. The highest BCUT2D eigenvalue weighted by Gasteiger charge is 2.08. The summed E-state index contributed by atoms with van der Waals surface area (Å²) in [7, 11) is 0. The number of nitriles is 1. The molecule has 0 spiro atoms. The second-order valence-electron chi connectivity index (χ2n) is 5.16. The zero-order chi connectivity index (χ0) is 15.2. The van der Waals surface area contributed by atoms with Gasteiger partial charge in [0.1, 0.15) is 5.75 Å². The Morgan fingerprint density at radius 3 is 2.00 bits per heavy atom. The van der Waals surface area contributed by atoms with Crippen LogP contribution in [0.5, 0.6) is 5.75 Å². The average Bonchev–Trinajstić information content (AvgIpc) is 2.47. The zero-order valence-electron chi connectivity index (χ0n) is 12.2. The predicted octanol–water partition coefficient (Wildman–Crippen LogP) is 5.01. The smallest absolute Gasteiger partial charge is 0.119 e. The largest absolute Gasteiger partial charge is 0.491 e. The molecule has 0 aromatic heterocycles. The van der Waals surface area contributed by atoms with E-state index in [1.54, 1.807) is 0 Å². The van der Waals surface area contributed by atoms with E-state index in [4.69, 9.17) is 21.6 Å². The minimum atomic E-state index is 0.0956. The lowest BCUT2D eigenvalue weighted by molar-refractivity contribution is 0.211. The fraction of sp³-hybridized carbons (Fsp3) is 0.278. The summed E-state index contributed by atoms with van der Waals surface area (Å²) < 4.78 is 5.83. The molecule has 21 heavy (non-hydrogen) atoms. The molecule has 0 aliphatic rings. The average molecular weight is 300 g/mol. The molecule has 0 bridgehead atoms. The van der Waals surface area contributed by atoms with Crippen molar-refractivity contribution in [1.82, 2.24) is 0 Å². The van der Waals surface area contributed by atoms with Gasteiger partial charge < -0.3 is 4.74 Å². The van der Waals surface area contributed by atoms with Crippen molar-refractivity contribution in [2.24, 2.45) is 0 Å². The van der Waals surface area contributed by atoms with Crippen molar-refractivity contribution in [3.63, 3.8) is 0 Å². The first-order valence-corrected chi connectivity index (χ1v) is 7.43. The lowest BCUT2D eigenvalue weighted by Gasteiger charge is -2.16. The molecule has 2 rings (SSSR count). The van der Waals surface area contributed by atoms with E-state index >= 15 is 0 Å². The number of nitrogens with zero attached hydrogens (tertiary/aromatic N) is 1. The maximum Gasteiger partial charge on any atom is 0.119 e. The Labute approximate surface area is 130 Å². The predicted molar refractivity (Wildman–Crippen MR) is 86.6 cm³/mol. The third-order valence-corrected chi connectivity index (χ3v) is 3.37. The molecule has 2 aromatic carbocycles. The highest BCUT2D eigenvalue weighted by atomic mass is 35.5. The van der Waals surface area contributed by atoms with Gasteiger partial charge >= 0.3 is 0 Å². The van der Waals surface area contributed by atoms with Gasteiger partial charge in [-0.2, -0.15) is 5.26 Å². The van der Waals surface area contributed by atoms with Gasteiger partial charge in [0.25, 0.3) is 0 Å². The van der Waals surface area contributed by atoms with Crippen LogP contribution < -0.4 is 4.74 Å². The van der Waals surface area contributed by atoms with Crippen molar-refractivity contribution < 1.29 is 4.74 Å². The summed E-state index contributed by atoms with van der Waals surface area (Å²) in [5, 5.41) is 8.91. The van der Waals surface area contributed by atoms with Gasteiger partial charge in [0, 0.05) is 11.8 Å². The van der Waals surface area contributed by atoms with E-state index < -0.39 is 0 Å². The van der Waals surface area contributed by atoms with Crippen LogP contribution in [0.25, 0.3) is 11.1 Å². The highest BCUT2D eigenvalue weighted by Crippen LogP contribution is 2.24. The molecule has 0 radical (unpaired) electrons. The molecule has 2 nitrogen and oxygen atoms in total. The van der Waals surface area contributed by atoms with E-state index in [1.165, 1.54) is 0 Å².